The number of allylic oxidation sites excluding steroid dienone is 2. The van der Waals surface area contributed by atoms with Crippen LogP contribution < -0.4 is 5.32 Å². The lowest BCUT2D eigenvalue weighted by Gasteiger charge is -2.18. The number of urea groups is 1. The topological polar surface area (TPSA) is 84.6 Å². The molecule has 0 unspecified atom stereocenters. The smallest absolute Gasteiger partial charge is 0.325 e. The van der Waals surface area contributed by atoms with E-state index in [9.17, 15) is 14.4 Å². The Hall–Kier alpha value is -3.09. The average molecular weight is 424 g/mol. The monoisotopic (exact) mass is 423 g/mol. The van der Waals surface area contributed by atoms with Gasteiger partial charge in [-0.25, -0.2) is 4.79 Å². The van der Waals surface area contributed by atoms with Crippen LogP contribution in [0.5, 0.6) is 0 Å². The molecule has 7 heteroatoms. The van der Waals surface area contributed by atoms with E-state index < -0.39 is 17.5 Å². The molecule has 1 aliphatic carbocycles. The van der Waals surface area contributed by atoms with Crippen molar-refractivity contribution in [1.29, 1.82) is 0 Å². The molecule has 4 rings (SSSR count). The van der Waals surface area contributed by atoms with Crippen LogP contribution in [0.2, 0.25) is 0 Å². The number of nitrogens with zero attached hydrogens (tertiary/aromatic N) is 2. The molecule has 164 valence electrons. The molecule has 3 amide bonds. The molecule has 0 radical (unpaired) electrons. The van der Waals surface area contributed by atoms with E-state index in [0.717, 1.165) is 42.1 Å². The number of rotatable bonds is 7. The minimum absolute atomic E-state index is 0.247. The van der Waals surface area contributed by atoms with E-state index >= 15 is 0 Å². The Balaban J connectivity index is 1.48. The quantitative estimate of drug-likeness (QED) is 0.410. The van der Waals surface area contributed by atoms with Gasteiger partial charge in [-0.05, 0) is 71.1 Å². The Bertz CT molecular complexity index is 1050. The van der Waals surface area contributed by atoms with Crippen molar-refractivity contribution in [2.24, 2.45) is 0 Å². The third kappa shape index (κ3) is 3.84. The third-order valence-corrected chi connectivity index (χ3v) is 6.51. The first-order valence-electron chi connectivity index (χ1n) is 10.9. The molecule has 1 aliphatic heterocycles. The van der Waals surface area contributed by atoms with Gasteiger partial charge in [0.05, 0.1) is 12.8 Å². The van der Waals surface area contributed by atoms with Crippen molar-refractivity contribution in [3.05, 3.63) is 58.8 Å². The van der Waals surface area contributed by atoms with Gasteiger partial charge in [0.15, 0.2) is 11.3 Å². The highest BCUT2D eigenvalue weighted by atomic mass is 16.3. The maximum Gasteiger partial charge on any atom is 0.325 e. The van der Waals surface area contributed by atoms with Crippen LogP contribution in [0.3, 0.4) is 0 Å². The number of aromatic nitrogens is 1. The molecule has 1 N–H and O–H groups in total. The molecule has 31 heavy (non-hydrogen) atoms. The minimum Gasteiger partial charge on any atom is -0.466 e. The molecule has 1 atom stereocenters. The molecule has 1 saturated heterocycles. The summed E-state index contributed by atoms with van der Waals surface area (Å²) in [6.45, 7) is 6.03. The van der Waals surface area contributed by atoms with E-state index in [1.54, 1.807) is 19.1 Å². The highest BCUT2D eigenvalue weighted by Crippen LogP contribution is 2.29. The number of Topliss-reactive ketones (excluding diaryl/α,β-unsaturated/α-hetero) is 1. The molecule has 7 nitrogen and oxygen atoms in total. The number of hydrogen-bond donors (Lipinski definition) is 1. The molecule has 2 aromatic heterocycles. The zero-order valence-corrected chi connectivity index (χ0v) is 18.4. The fourth-order valence-electron chi connectivity index (χ4n) is 4.61. The zero-order valence-electron chi connectivity index (χ0n) is 18.4. The van der Waals surface area contributed by atoms with E-state index in [1.807, 2.05) is 19.9 Å². The normalized spacial score (nSPS) is 21.4. The SMILES string of the molecule is Cc1cc(C(=O)CN2C(=O)N[C@](C)(c3ccco3)C2=O)c(C)n1CCC1=CCCCC1. The number of imide groups is 1. The summed E-state index contributed by atoms with van der Waals surface area (Å²) in [5.74, 6) is -0.390. The van der Waals surface area contributed by atoms with Crippen LogP contribution in [-0.4, -0.2) is 33.7 Å². The van der Waals surface area contributed by atoms with E-state index in [4.69, 9.17) is 4.42 Å². The maximum atomic E-state index is 13.1. The number of carbonyl (C=O) groups excluding carboxylic acids is 3. The molecular formula is C24H29N3O4. The predicted octanol–water partition coefficient (Wildman–Crippen LogP) is 4.24. The second-order valence-corrected chi connectivity index (χ2v) is 8.64. The van der Waals surface area contributed by atoms with Crippen molar-refractivity contribution < 1.29 is 18.8 Å². The van der Waals surface area contributed by atoms with E-state index in [-0.39, 0.29) is 12.3 Å². The van der Waals surface area contributed by atoms with E-state index in [0.29, 0.717) is 11.3 Å². The van der Waals surface area contributed by atoms with Gasteiger partial charge in [0.2, 0.25) is 0 Å². The van der Waals surface area contributed by atoms with E-state index in [2.05, 4.69) is 16.0 Å². The fraction of sp³-hybridized carbons (Fsp3) is 0.458. The van der Waals surface area contributed by atoms with Crippen LogP contribution in [-0.2, 0) is 16.9 Å². The molecule has 1 fully saturated rings. The van der Waals surface area contributed by atoms with Crippen molar-refractivity contribution >= 4 is 17.7 Å². The van der Waals surface area contributed by atoms with Gasteiger partial charge in [0.25, 0.3) is 5.91 Å². The number of carbonyl (C=O) groups is 3. The van der Waals surface area contributed by atoms with Crippen LogP contribution >= 0.6 is 0 Å². The van der Waals surface area contributed by atoms with Crippen molar-refractivity contribution in [1.82, 2.24) is 14.8 Å². The van der Waals surface area contributed by atoms with Crippen molar-refractivity contribution in [2.45, 2.75) is 65.0 Å². The Morgan fingerprint density at radius 3 is 2.74 bits per heavy atom. The van der Waals surface area contributed by atoms with Crippen molar-refractivity contribution in [3.63, 3.8) is 0 Å². The molecule has 0 bridgehead atoms. The number of furan rings is 1. The maximum absolute atomic E-state index is 13.1. The standard InChI is InChI=1S/C24H29N3O4/c1-16-14-19(17(2)26(16)12-11-18-8-5-4-6-9-18)20(28)15-27-22(29)24(3,25-23(27)30)21-10-7-13-31-21/h7-8,10,13-14H,4-6,9,11-12,15H2,1-3H3,(H,25,30)/t24-/m1/s1. The molecular weight excluding hydrogens is 394 g/mol. The zero-order chi connectivity index (χ0) is 22.2. The van der Waals surface area contributed by atoms with Crippen LogP contribution in [0.4, 0.5) is 4.79 Å². The first-order valence-corrected chi connectivity index (χ1v) is 10.9. The van der Waals surface area contributed by atoms with Gasteiger partial charge < -0.3 is 14.3 Å². The lowest BCUT2D eigenvalue weighted by atomic mass is 9.97. The molecule has 2 aromatic rings. The van der Waals surface area contributed by atoms with Crippen molar-refractivity contribution in [3.8, 4) is 0 Å². The van der Waals surface area contributed by atoms with Crippen LogP contribution in [0.15, 0.2) is 40.5 Å². The van der Waals surface area contributed by atoms with Gasteiger partial charge >= 0.3 is 6.03 Å². The summed E-state index contributed by atoms with van der Waals surface area (Å²) in [5, 5.41) is 2.66. The lowest BCUT2D eigenvalue weighted by molar-refractivity contribution is -0.131. The Morgan fingerprint density at radius 1 is 1.26 bits per heavy atom. The summed E-state index contributed by atoms with van der Waals surface area (Å²) in [5.41, 5.74) is 2.63. The highest BCUT2D eigenvalue weighted by Gasteiger charge is 2.51. The van der Waals surface area contributed by atoms with Gasteiger partial charge in [0, 0.05) is 23.5 Å². The fourth-order valence-corrected chi connectivity index (χ4v) is 4.61. The minimum atomic E-state index is -1.30. The predicted molar refractivity (Wildman–Crippen MR) is 116 cm³/mol. The first-order chi connectivity index (χ1) is 14.8. The number of aryl methyl sites for hydroxylation is 1. The lowest BCUT2D eigenvalue weighted by Crippen LogP contribution is -2.41. The second-order valence-electron chi connectivity index (χ2n) is 8.64. The summed E-state index contributed by atoms with van der Waals surface area (Å²) in [4.78, 5) is 39.5. The highest BCUT2D eigenvalue weighted by molar-refractivity contribution is 6.11. The van der Waals surface area contributed by atoms with Gasteiger partial charge in [-0.3, -0.25) is 14.5 Å². The second kappa shape index (κ2) is 8.21. The number of ketones is 1. The summed E-state index contributed by atoms with van der Waals surface area (Å²) in [6.07, 6.45) is 9.62. The number of hydrogen-bond acceptors (Lipinski definition) is 4. The Morgan fingerprint density at radius 2 is 2.06 bits per heavy atom. The number of amides is 3. The molecule has 0 spiro atoms. The average Bonchev–Trinajstić information content (AvgIpc) is 3.44. The largest absolute Gasteiger partial charge is 0.466 e. The Kier molecular flexibility index (Phi) is 5.60. The molecule has 0 saturated carbocycles. The van der Waals surface area contributed by atoms with E-state index in [1.165, 1.54) is 24.7 Å². The van der Waals surface area contributed by atoms with Crippen molar-refractivity contribution in [2.75, 3.05) is 6.54 Å². The third-order valence-electron chi connectivity index (χ3n) is 6.51. The first kappa shape index (κ1) is 21.2. The molecule has 3 heterocycles. The van der Waals surface area contributed by atoms with Crippen LogP contribution in [0.25, 0.3) is 0 Å². The summed E-state index contributed by atoms with van der Waals surface area (Å²) in [7, 11) is 0. The molecule has 2 aliphatic rings. The molecule has 0 aromatic carbocycles. The van der Waals surface area contributed by atoms with Gasteiger partial charge in [0.1, 0.15) is 5.76 Å². The summed E-state index contributed by atoms with van der Waals surface area (Å²) in [6, 6.07) is 4.57. The summed E-state index contributed by atoms with van der Waals surface area (Å²) >= 11 is 0. The summed E-state index contributed by atoms with van der Waals surface area (Å²) < 4.78 is 7.49. The van der Waals surface area contributed by atoms with Crippen LogP contribution in [0.1, 0.15) is 66.5 Å². The van der Waals surface area contributed by atoms with Crippen LogP contribution in [0, 0.1) is 13.8 Å². The van der Waals surface area contributed by atoms with Gasteiger partial charge in [-0.2, -0.15) is 0 Å². The Labute approximate surface area is 182 Å². The number of nitrogens with one attached hydrogen (secondary N) is 1. The van der Waals surface area contributed by atoms with Gasteiger partial charge in [-0.1, -0.05) is 11.6 Å². The van der Waals surface area contributed by atoms with Gasteiger partial charge in [-0.15, -0.1) is 0 Å².